The number of benzene rings is 3. The van der Waals surface area contributed by atoms with Crippen LogP contribution in [0.15, 0.2) is 88.1 Å². The third kappa shape index (κ3) is 8.09. The molecule has 41 heavy (non-hydrogen) atoms. The van der Waals surface area contributed by atoms with Crippen molar-refractivity contribution in [2.75, 3.05) is 10.6 Å². The van der Waals surface area contributed by atoms with E-state index in [0.29, 0.717) is 17.0 Å². The van der Waals surface area contributed by atoms with Crippen LogP contribution in [0, 0.1) is 17.0 Å². The number of nitro groups is 1. The van der Waals surface area contributed by atoms with Gasteiger partial charge in [0.2, 0.25) is 17.7 Å². The number of nitro benzene ring substituents is 1. The van der Waals surface area contributed by atoms with Crippen LogP contribution in [0.25, 0.3) is 11.0 Å². The summed E-state index contributed by atoms with van der Waals surface area (Å²) >= 11 is 0. The largest absolute Gasteiger partial charge is 0.423 e. The molecule has 0 saturated carbocycles. The molecule has 1 aromatic heterocycles. The van der Waals surface area contributed by atoms with Gasteiger partial charge in [0.15, 0.2) is 0 Å². The highest BCUT2D eigenvalue weighted by molar-refractivity contribution is 5.97. The zero-order chi connectivity index (χ0) is 29.4. The van der Waals surface area contributed by atoms with E-state index in [4.69, 9.17) is 4.42 Å². The second-order valence-corrected chi connectivity index (χ2v) is 9.46. The quantitative estimate of drug-likeness (QED) is 0.139. The van der Waals surface area contributed by atoms with E-state index in [1.54, 1.807) is 25.1 Å². The molecule has 1 atom stereocenters. The van der Waals surface area contributed by atoms with Crippen LogP contribution in [-0.2, 0) is 20.8 Å². The number of amides is 3. The number of carbonyl (C=O) groups is 3. The third-order valence-electron chi connectivity index (χ3n) is 6.32. The predicted octanol–water partition coefficient (Wildman–Crippen LogP) is 4.48. The van der Waals surface area contributed by atoms with Gasteiger partial charge in [0.25, 0.3) is 5.69 Å². The van der Waals surface area contributed by atoms with Crippen molar-refractivity contribution in [1.82, 2.24) is 5.32 Å². The highest BCUT2D eigenvalue weighted by atomic mass is 16.6. The van der Waals surface area contributed by atoms with Crippen LogP contribution in [0.5, 0.6) is 0 Å². The Morgan fingerprint density at radius 3 is 2.27 bits per heavy atom. The van der Waals surface area contributed by atoms with E-state index in [-0.39, 0.29) is 37.3 Å². The highest BCUT2D eigenvalue weighted by Crippen LogP contribution is 2.21. The Morgan fingerprint density at radius 2 is 1.56 bits per heavy atom. The van der Waals surface area contributed by atoms with Crippen molar-refractivity contribution in [3.8, 4) is 0 Å². The predicted molar refractivity (Wildman–Crippen MR) is 154 cm³/mol. The first-order valence-corrected chi connectivity index (χ1v) is 12.9. The van der Waals surface area contributed by atoms with Gasteiger partial charge in [-0.15, -0.1) is 0 Å². The van der Waals surface area contributed by atoms with E-state index in [2.05, 4.69) is 16.0 Å². The molecule has 0 radical (unpaired) electrons. The molecule has 4 aromatic rings. The lowest BCUT2D eigenvalue weighted by Crippen LogP contribution is -2.45. The van der Waals surface area contributed by atoms with E-state index < -0.39 is 28.4 Å². The summed E-state index contributed by atoms with van der Waals surface area (Å²) in [5, 5.41) is 19.8. The molecule has 3 aromatic carbocycles. The number of nitrogens with zero attached hydrogens (tertiary/aromatic N) is 1. The molecule has 0 aliphatic carbocycles. The van der Waals surface area contributed by atoms with Crippen molar-refractivity contribution in [2.45, 2.75) is 38.6 Å². The first-order chi connectivity index (χ1) is 19.7. The Hall–Kier alpha value is -5.32. The maximum Gasteiger partial charge on any atom is 0.336 e. The number of anilines is 2. The average Bonchev–Trinajstić information content (AvgIpc) is 2.93. The maximum atomic E-state index is 13.0. The van der Waals surface area contributed by atoms with Gasteiger partial charge >= 0.3 is 5.63 Å². The third-order valence-corrected chi connectivity index (χ3v) is 6.32. The molecule has 11 heteroatoms. The molecule has 0 spiro atoms. The summed E-state index contributed by atoms with van der Waals surface area (Å²) in [5.74, 6) is -1.20. The number of hydrogen-bond donors (Lipinski definition) is 3. The smallest absolute Gasteiger partial charge is 0.336 e. The lowest BCUT2D eigenvalue weighted by atomic mass is 10.0. The van der Waals surface area contributed by atoms with Crippen LogP contribution >= 0.6 is 0 Å². The standard InChI is InChI=1S/C30H28N4O7/c1-19-16-29(37)41-26-18-22(12-15-24(19)26)31-27(35)8-5-9-28(36)33-25(17-20-6-3-2-4-7-20)30(38)32-21-10-13-23(14-11-21)34(39)40/h2-4,6-7,10-16,18,25H,5,8-9,17H2,1H3,(H,31,35)(H,32,38)(H,33,36)/t25-/m0/s1. The van der Waals surface area contributed by atoms with Crippen LogP contribution in [0.3, 0.4) is 0 Å². The molecule has 0 aliphatic heterocycles. The molecular weight excluding hydrogens is 528 g/mol. The summed E-state index contributed by atoms with van der Waals surface area (Å²) < 4.78 is 5.21. The van der Waals surface area contributed by atoms with Gasteiger partial charge in [-0.1, -0.05) is 30.3 Å². The number of nitrogens with one attached hydrogen (secondary N) is 3. The lowest BCUT2D eigenvalue weighted by molar-refractivity contribution is -0.384. The molecule has 0 bridgehead atoms. The Bertz CT molecular complexity index is 1630. The Morgan fingerprint density at radius 1 is 0.878 bits per heavy atom. The lowest BCUT2D eigenvalue weighted by Gasteiger charge is -2.19. The minimum atomic E-state index is -0.912. The fourth-order valence-electron chi connectivity index (χ4n) is 4.26. The van der Waals surface area contributed by atoms with Crippen molar-refractivity contribution in [2.24, 2.45) is 0 Å². The van der Waals surface area contributed by atoms with Crippen LogP contribution in [0.4, 0.5) is 17.1 Å². The Kier molecular flexibility index (Phi) is 9.20. The maximum absolute atomic E-state index is 13.0. The molecule has 3 amide bonds. The zero-order valence-corrected chi connectivity index (χ0v) is 22.2. The number of carbonyl (C=O) groups excluding carboxylic acids is 3. The van der Waals surface area contributed by atoms with Gasteiger partial charge in [0.05, 0.1) is 4.92 Å². The zero-order valence-electron chi connectivity index (χ0n) is 22.2. The van der Waals surface area contributed by atoms with Crippen LogP contribution in [-0.4, -0.2) is 28.7 Å². The first kappa shape index (κ1) is 28.7. The van der Waals surface area contributed by atoms with Crippen molar-refractivity contribution in [3.05, 3.63) is 111 Å². The summed E-state index contributed by atoms with van der Waals surface area (Å²) in [6.07, 6.45) is 0.530. The fourth-order valence-corrected chi connectivity index (χ4v) is 4.26. The first-order valence-electron chi connectivity index (χ1n) is 12.9. The summed E-state index contributed by atoms with van der Waals surface area (Å²) in [4.78, 5) is 60.2. The van der Waals surface area contributed by atoms with Gasteiger partial charge in [-0.05, 0) is 48.7 Å². The number of non-ortho nitro benzene ring substituents is 1. The van der Waals surface area contributed by atoms with Gasteiger partial charge < -0.3 is 20.4 Å². The number of rotatable bonds is 11. The van der Waals surface area contributed by atoms with E-state index in [1.165, 1.54) is 30.3 Å². The summed E-state index contributed by atoms with van der Waals surface area (Å²) in [6, 6.07) is 20.1. The molecule has 0 aliphatic rings. The Balaban J connectivity index is 1.32. The summed E-state index contributed by atoms with van der Waals surface area (Å²) in [7, 11) is 0. The number of aryl methyl sites for hydroxylation is 1. The minimum absolute atomic E-state index is 0.00924. The van der Waals surface area contributed by atoms with Gasteiger partial charge in [-0.2, -0.15) is 0 Å². The topological polar surface area (TPSA) is 161 Å². The van der Waals surface area contributed by atoms with Crippen molar-refractivity contribution in [3.63, 3.8) is 0 Å². The monoisotopic (exact) mass is 556 g/mol. The van der Waals surface area contributed by atoms with E-state index >= 15 is 0 Å². The summed E-state index contributed by atoms with van der Waals surface area (Å²) in [5.41, 5.74) is 2.20. The minimum Gasteiger partial charge on any atom is -0.423 e. The van der Waals surface area contributed by atoms with Crippen molar-refractivity contribution < 1.29 is 23.7 Å². The van der Waals surface area contributed by atoms with Crippen LogP contribution < -0.4 is 21.6 Å². The van der Waals surface area contributed by atoms with Crippen molar-refractivity contribution >= 4 is 45.8 Å². The number of fused-ring (bicyclic) bond motifs is 1. The van der Waals surface area contributed by atoms with Crippen LogP contribution in [0.2, 0.25) is 0 Å². The van der Waals surface area contributed by atoms with Gasteiger partial charge in [-0.3, -0.25) is 24.5 Å². The van der Waals surface area contributed by atoms with E-state index in [0.717, 1.165) is 16.5 Å². The fraction of sp³-hybridized carbons (Fsp3) is 0.200. The molecule has 0 saturated heterocycles. The molecule has 0 fully saturated rings. The molecule has 210 valence electrons. The van der Waals surface area contributed by atoms with Crippen molar-refractivity contribution in [1.29, 1.82) is 0 Å². The number of hydrogen-bond acceptors (Lipinski definition) is 7. The second-order valence-electron chi connectivity index (χ2n) is 9.46. The highest BCUT2D eigenvalue weighted by Gasteiger charge is 2.22. The van der Waals surface area contributed by atoms with Gasteiger partial charge in [0, 0.05) is 60.3 Å². The molecular formula is C30H28N4O7. The second kappa shape index (κ2) is 13.2. The molecule has 11 nitrogen and oxygen atoms in total. The molecule has 0 unspecified atom stereocenters. The van der Waals surface area contributed by atoms with Crippen LogP contribution in [0.1, 0.15) is 30.4 Å². The normalized spacial score (nSPS) is 11.4. The average molecular weight is 557 g/mol. The van der Waals surface area contributed by atoms with Gasteiger partial charge in [0.1, 0.15) is 11.6 Å². The van der Waals surface area contributed by atoms with E-state index in [9.17, 15) is 29.3 Å². The van der Waals surface area contributed by atoms with E-state index in [1.807, 2.05) is 30.3 Å². The summed E-state index contributed by atoms with van der Waals surface area (Å²) in [6.45, 7) is 1.80. The molecule has 1 heterocycles. The SMILES string of the molecule is Cc1cc(=O)oc2cc(NC(=O)CCCC(=O)N[C@@H](Cc3ccccc3)C(=O)Nc3ccc([N+](=O)[O-])cc3)ccc12. The molecule has 3 N–H and O–H groups in total. The Labute approximate surface area is 234 Å². The van der Waals surface area contributed by atoms with Gasteiger partial charge in [-0.25, -0.2) is 4.79 Å². The molecule has 4 rings (SSSR count).